The lowest BCUT2D eigenvalue weighted by Crippen LogP contribution is -2.36. The summed E-state index contributed by atoms with van der Waals surface area (Å²) in [6, 6.07) is 12.1. The highest BCUT2D eigenvalue weighted by Gasteiger charge is 2.23. The summed E-state index contributed by atoms with van der Waals surface area (Å²) in [5.41, 5.74) is 2.49. The van der Waals surface area contributed by atoms with Crippen LogP contribution in [0.25, 0.3) is 0 Å². The molecule has 0 saturated heterocycles. The van der Waals surface area contributed by atoms with Crippen LogP contribution in [0.2, 0.25) is 0 Å². The van der Waals surface area contributed by atoms with Crippen LogP contribution in [0.5, 0.6) is 5.75 Å². The summed E-state index contributed by atoms with van der Waals surface area (Å²) in [5, 5.41) is 0. The number of fused-ring (bicyclic) bond motifs is 1. The molecule has 7 heteroatoms. The average molecular weight is 360 g/mol. The van der Waals surface area contributed by atoms with E-state index in [-0.39, 0.29) is 10.8 Å². The summed E-state index contributed by atoms with van der Waals surface area (Å²) >= 11 is 0. The van der Waals surface area contributed by atoms with Crippen LogP contribution < -0.4 is 9.46 Å². The third kappa shape index (κ3) is 3.52. The Labute approximate surface area is 147 Å². The lowest BCUT2D eigenvalue weighted by molar-refractivity contribution is 0.0734. The largest absolute Gasteiger partial charge is 0.497 e. The standard InChI is InChI=1S/C18H20N2O4S/c1-19-25(22,23)17-7-6-13-8-9-20(12-15(13)11-17)18(21)14-4-3-5-16(10-14)24-2/h3-7,10-11,19H,8-9,12H2,1-2H3. The van der Waals surface area contributed by atoms with Gasteiger partial charge in [-0.25, -0.2) is 13.1 Å². The number of methoxy groups -OCH3 is 1. The fraction of sp³-hybridized carbons (Fsp3) is 0.278. The quantitative estimate of drug-likeness (QED) is 0.902. The highest BCUT2D eigenvalue weighted by atomic mass is 32.2. The Morgan fingerprint density at radius 3 is 2.68 bits per heavy atom. The highest BCUT2D eigenvalue weighted by Crippen LogP contribution is 2.24. The predicted molar refractivity (Wildman–Crippen MR) is 94.1 cm³/mol. The van der Waals surface area contributed by atoms with Crippen LogP contribution in [0, 0.1) is 0 Å². The number of ether oxygens (including phenoxy) is 1. The third-order valence-electron chi connectivity index (χ3n) is 4.37. The van der Waals surface area contributed by atoms with Gasteiger partial charge in [-0.3, -0.25) is 4.79 Å². The van der Waals surface area contributed by atoms with Crippen molar-refractivity contribution in [2.45, 2.75) is 17.9 Å². The molecule has 0 bridgehead atoms. The summed E-state index contributed by atoms with van der Waals surface area (Å²) in [4.78, 5) is 14.7. The van der Waals surface area contributed by atoms with Crippen LogP contribution in [0.4, 0.5) is 0 Å². The molecular weight excluding hydrogens is 340 g/mol. The smallest absolute Gasteiger partial charge is 0.254 e. The van der Waals surface area contributed by atoms with E-state index >= 15 is 0 Å². The zero-order valence-electron chi connectivity index (χ0n) is 14.2. The molecule has 0 atom stereocenters. The molecule has 25 heavy (non-hydrogen) atoms. The molecule has 3 rings (SSSR count). The molecule has 1 amide bonds. The van der Waals surface area contributed by atoms with Crippen LogP contribution in [0.15, 0.2) is 47.4 Å². The number of nitrogens with one attached hydrogen (secondary N) is 1. The van der Waals surface area contributed by atoms with Gasteiger partial charge in [0.05, 0.1) is 12.0 Å². The molecule has 0 aromatic heterocycles. The average Bonchev–Trinajstić information content (AvgIpc) is 2.66. The van der Waals surface area contributed by atoms with Crippen molar-refractivity contribution in [2.75, 3.05) is 20.7 Å². The van der Waals surface area contributed by atoms with Crippen LogP contribution >= 0.6 is 0 Å². The zero-order chi connectivity index (χ0) is 18.0. The first-order chi connectivity index (χ1) is 11.9. The number of hydrogen-bond acceptors (Lipinski definition) is 4. The second kappa shape index (κ2) is 6.85. The number of benzene rings is 2. The molecule has 1 aliphatic rings. The molecule has 2 aromatic rings. The van der Waals surface area contributed by atoms with Gasteiger partial charge < -0.3 is 9.64 Å². The van der Waals surface area contributed by atoms with Gasteiger partial charge in [0.2, 0.25) is 10.0 Å². The zero-order valence-corrected chi connectivity index (χ0v) is 15.0. The molecule has 1 aliphatic heterocycles. The van der Waals surface area contributed by atoms with E-state index in [0.717, 1.165) is 11.1 Å². The van der Waals surface area contributed by atoms with Gasteiger partial charge in [-0.1, -0.05) is 12.1 Å². The minimum Gasteiger partial charge on any atom is -0.497 e. The van der Waals surface area contributed by atoms with E-state index in [2.05, 4.69) is 4.72 Å². The molecule has 132 valence electrons. The Balaban J connectivity index is 1.87. The number of carbonyl (C=O) groups excluding carboxylic acids is 1. The second-order valence-electron chi connectivity index (χ2n) is 5.85. The van der Waals surface area contributed by atoms with Crippen molar-refractivity contribution in [3.8, 4) is 5.75 Å². The maximum absolute atomic E-state index is 12.8. The van der Waals surface area contributed by atoms with Gasteiger partial charge in [0, 0.05) is 18.7 Å². The van der Waals surface area contributed by atoms with Gasteiger partial charge >= 0.3 is 0 Å². The first-order valence-electron chi connectivity index (χ1n) is 7.93. The van der Waals surface area contributed by atoms with Crippen LogP contribution in [0.3, 0.4) is 0 Å². The van der Waals surface area contributed by atoms with Crippen molar-refractivity contribution in [2.24, 2.45) is 0 Å². The van der Waals surface area contributed by atoms with E-state index in [4.69, 9.17) is 4.74 Å². The molecule has 1 N–H and O–H groups in total. The van der Waals surface area contributed by atoms with E-state index in [1.54, 1.807) is 48.4 Å². The number of carbonyl (C=O) groups is 1. The van der Waals surface area contributed by atoms with Crippen molar-refractivity contribution in [3.05, 3.63) is 59.2 Å². The van der Waals surface area contributed by atoms with Crippen molar-refractivity contribution in [1.29, 1.82) is 0 Å². The van der Waals surface area contributed by atoms with Crippen molar-refractivity contribution in [3.63, 3.8) is 0 Å². The fourth-order valence-corrected chi connectivity index (χ4v) is 3.71. The highest BCUT2D eigenvalue weighted by molar-refractivity contribution is 7.89. The molecule has 2 aromatic carbocycles. The van der Waals surface area contributed by atoms with E-state index in [0.29, 0.717) is 30.8 Å². The minimum absolute atomic E-state index is 0.0913. The Kier molecular flexibility index (Phi) is 4.78. The first-order valence-corrected chi connectivity index (χ1v) is 9.41. The maximum atomic E-state index is 12.8. The van der Waals surface area contributed by atoms with Crippen molar-refractivity contribution in [1.82, 2.24) is 9.62 Å². The van der Waals surface area contributed by atoms with E-state index < -0.39 is 10.0 Å². The molecule has 0 saturated carbocycles. The summed E-state index contributed by atoms with van der Waals surface area (Å²) in [6.45, 7) is 0.986. The lowest BCUT2D eigenvalue weighted by atomic mass is 9.99. The van der Waals surface area contributed by atoms with Gasteiger partial charge in [0.15, 0.2) is 0 Å². The normalized spacial score (nSPS) is 14.1. The van der Waals surface area contributed by atoms with E-state index in [1.165, 1.54) is 7.05 Å². The van der Waals surface area contributed by atoms with Gasteiger partial charge in [-0.05, 0) is 54.9 Å². The molecule has 1 heterocycles. The third-order valence-corrected chi connectivity index (χ3v) is 5.78. The number of amides is 1. The van der Waals surface area contributed by atoms with Crippen LogP contribution in [-0.2, 0) is 23.0 Å². The van der Waals surface area contributed by atoms with Crippen molar-refractivity contribution < 1.29 is 17.9 Å². The number of sulfonamides is 1. The fourth-order valence-electron chi connectivity index (χ4n) is 2.93. The topological polar surface area (TPSA) is 75.7 Å². The van der Waals surface area contributed by atoms with Gasteiger partial charge in [-0.2, -0.15) is 0 Å². The summed E-state index contributed by atoms with van der Waals surface area (Å²) < 4.78 is 31.5. The summed E-state index contributed by atoms with van der Waals surface area (Å²) in [7, 11) is -0.558. The molecule has 0 aliphatic carbocycles. The molecule has 0 spiro atoms. The molecule has 0 radical (unpaired) electrons. The predicted octanol–water partition coefficient (Wildman–Crippen LogP) is 1.80. The maximum Gasteiger partial charge on any atom is 0.254 e. The molecule has 6 nitrogen and oxygen atoms in total. The Bertz CT molecular complexity index is 909. The van der Waals surface area contributed by atoms with Gasteiger partial charge in [-0.15, -0.1) is 0 Å². The monoisotopic (exact) mass is 360 g/mol. The Morgan fingerprint density at radius 1 is 1.16 bits per heavy atom. The molecule has 0 unspecified atom stereocenters. The van der Waals surface area contributed by atoms with Crippen LogP contribution in [0.1, 0.15) is 21.5 Å². The number of rotatable bonds is 4. The van der Waals surface area contributed by atoms with Crippen molar-refractivity contribution >= 4 is 15.9 Å². The van der Waals surface area contributed by atoms with Gasteiger partial charge in [0.25, 0.3) is 5.91 Å². The molecule has 0 fully saturated rings. The van der Waals surface area contributed by atoms with Gasteiger partial charge in [0.1, 0.15) is 5.75 Å². The first kappa shape index (κ1) is 17.4. The number of hydrogen-bond donors (Lipinski definition) is 1. The second-order valence-corrected chi connectivity index (χ2v) is 7.73. The number of nitrogens with zero attached hydrogens (tertiary/aromatic N) is 1. The molecular formula is C18H20N2O4S. The van der Waals surface area contributed by atoms with Crippen LogP contribution in [-0.4, -0.2) is 39.9 Å². The summed E-state index contributed by atoms with van der Waals surface area (Å²) in [6.07, 6.45) is 0.699. The Morgan fingerprint density at radius 2 is 1.96 bits per heavy atom. The lowest BCUT2D eigenvalue weighted by Gasteiger charge is -2.29. The minimum atomic E-state index is -3.50. The Hall–Kier alpha value is -2.38. The SMILES string of the molecule is CNS(=O)(=O)c1ccc2c(c1)CN(C(=O)c1cccc(OC)c1)CC2. The summed E-state index contributed by atoms with van der Waals surface area (Å²) in [5.74, 6) is 0.539. The van der Waals surface area contributed by atoms with E-state index in [9.17, 15) is 13.2 Å². The van der Waals surface area contributed by atoms with E-state index in [1.807, 2.05) is 6.07 Å².